The minimum atomic E-state index is -3.53. The highest BCUT2D eigenvalue weighted by molar-refractivity contribution is 7.89. The number of hydrogen-bond donors (Lipinski definition) is 0. The van der Waals surface area contributed by atoms with Crippen LogP contribution in [0, 0.1) is 6.92 Å². The maximum Gasteiger partial charge on any atom is 0.243 e. The van der Waals surface area contributed by atoms with Crippen LogP contribution in [0.4, 0.5) is 0 Å². The van der Waals surface area contributed by atoms with Gasteiger partial charge in [-0.2, -0.15) is 4.31 Å². The van der Waals surface area contributed by atoms with E-state index in [1.165, 1.54) is 4.31 Å². The Kier molecular flexibility index (Phi) is 5.04. The van der Waals surface area contributed by atoms with E-state index in [2.05, 4.69) is 0 Å². The Hall–Kier alpha value is -1.36. The maximum atomic E-state index is 12.7. The summed E-state index contributed by atoms with van der Waals surface area (Å²) in [6.45, 7) is 2.13. The Morgan fingerprint density at radius 1 is 1.05 bits per heavy atom. The first-order chi connectivity index (χ1) is 9.96. The maximum absolute atomic E-state index is 12.7. The molecule has 2 aromatic rings. The van der Waals surface area contributed by atoms with Crippen molar-refractivity contribution in [2.45, 2.75) is 24.2 Å². The van der Waals surface area contributed by atoms with E-state index in [9.17, 15) is 8.42 Å². The molecule has 0 N–H and O–H groups in total. The third kappa shape index (κ3) is 3.46. The van der Waals surface area contributed by atoms with Gasteiger partial charge in [-0.3, -0.25) is 0 Å². The first-order valence-electron chi connectivity index (χ1n) is 6.61. The van der Waals surface area contributed by atoms with Gasteiger partial charge >= 0.3 is 0 Å². The van der Waals surface area contributed by atoms with Crippen molar-refractivity contribution in [3.05, 3.63) is 65.2 Å². The fraction of sp³-hybridized carbons (Fsp3) is 0.250. The predicted octanol–water partition coefficient (Wildman–Crippen LogP) is 3.55. The molecule has 0 saturated heterocycles. The molecule has 0 saturated carbocycles. The normalized spacial score (nSPS) is 11.8. The van der Waals surface area contributed by atoms with Crippen LogP contribution in [0.2, 0.25) is 0 Å². The summed E-state index contributed by atoms with van der Waals surface area (Å²) in [4.78, 5) is 0.319. The molecular formula is C16H18ClNO2S. The standard InChI is InChI=1S/C16H18ClNO2S/c1-13-15(11-17)9-6-10-16(13)21(19,20)18(2)12-14-7-4-3-5-8-14/h3-10H,11-12H2,1-2H3. The highest BCUT2D eigenvalue weighted by atomic mass is 35.5. The summed E-state index contributed by atoms with van der Waals surface area (Å²) in [5.41, 5.74) is 2.51. The lowest BCUT2D eigenvalue weighted by Gasteiger charge is -2.19. The van der Waals surface area contributed by atoms with Gasteiger partial charge in [0.1, 0.15) is 0 Å². The van der Waals surface area contributed by atoms with Gasteiger partial charge in [0.05, 0.1) is 4.90 Å². The second-order valence-electron chi connectivity index (χ2n) is 4.92. The van der Waals surface area contributed by atoms with E-state index < -0.39 is 10.0 Å². The minimum Gasteiger partial charge on any atom is -0.207 e. The fourth-order valence-electron chi connectivity index (χ4n) is 2.18. The molecule has 0 amide bonds. The zero-order valence-electron chi connectivity index (χ0n) is 12.1. The van der Waals surface area contributed by atoms with Crippen LogP contribution in [0.3, 0.4) is 0 Å². The summed E-state index contributed by atoms with van der Waals surface area (Å²) in [6.07, 6.45) is 0. The van der Waals surface area contributed by atoms with E-state index in [-0.39, 0.29) is 0 Å². The first kappa shape index (κ1) is 16.0. The van der Waals surface area contributed by atoms with Gasteiger partial charge in [0.15, 0.2) is 0 Å². The SMILES string of the molecule is Cc1c(CCl)cccc1S(=O)(=O)N(C)Cc1ccccc1. The summed E-state index contributed by atoms with van der Waals surface area (Å²) < 4.78 is 26.8. The Labute approximate surface area is 131 Å². The van der Waals surface area contributed by atoms with Crippen molar-refractivity contribution in [1.82, 2.24) is 4.31 Å². The summed E-state index contributed by atoms with van der Waals surface area (Å²) in [6, 6.07) is 14.7. The van der Waals surface area contributed by atoms with Crippen LogP contribution < -0.4 is 0 Å². The molecule has 112 valence electrons. The molecular weight excluding hydrogens is 306 g/mol. The Bertz CT molecular complexity index is 714. The number of nitrogens with zero attached hydrogens (tertiary/aromatic N) is 1. The lowest BCUT2D eigenvalue weighted by Crippen LogP contribution is -2.27. The Balaban J connectivity index is 2.34. The number of halogens is 1. The third-order valence-corrected chi connectivity index (χ3v) is 5.71. The largest absolute Gasteiger partial charge is 0.243 e. The molecule has 0 aliphatic heterocycles. The Morgan fingerprint density at radius 3 is 2.33 bits per heavy atom. The van der Waals surface area contributed by atoms with Crippen molar-refractivity contribution in [2.75, 3.05) is 7.05 Å². The Morgan fingerprint density at radius 2 is 1.71 bits per heavy atom. The van der Waals surface area contributed by atoms with Gasteiger partial charge in [-0.05, 0) is 29.7 Å². The molecule has 21 heavy (non-hydrogen) atoms. The van der Waals surface area contributed by atoms with Crippen LogP contribution in [-0.2, 0) is 22.4 Å². The molecule has 0 bridgehead atoms. The van der Waals surface area contributed by atoms with Gasteiger partial charge in [-0.15, -0.1) is 11.6 Å². The van der Waals surface area contributed by atoms with Gasteiger partial charge in [0, 0.05) is 19.5 Å². The summed E-state index contributed by atoms with van der Waals surface area (Å²) >= 11 is 5.86. The van der Waals surface area contributed by atoms with Crippen LogP contribution in [0.5, 0.6) is 0 Å². The molecule has 0 aromatic heterocycles. The van der Waals surface area contributed by atoms with Crippen LogP contribution >= 0.6 is 11.6 Å². The second-order valence-corrected chi connectivity index (χ2v) is 7.20. The zero-order valence-corrected chi connectivity index (χ0v) is 13.7. The predicted molar refractivity (Wildman–Crippen MR) is 85.8 cm³/mol. The molecule has 0 aliphatic rings. The smallest absolute Gasteiger partial charge is 0.207 e. The highest BCUT2D eigenvalue weighted by Gasteiger charge is 2.23. The number of sulfonamides is 1. The lowest BCUT2D eigenvalue weighted by atomic mass is 10.1. The molecule has 5 heteroatoms. The number of rotatable bonds is 5. The van der Waals surface area contributed by atoms with Crippen LogP contribution in [0.15, 0.2) is 53.4 Å². The summed E-state index contributed by atoms with van der Waals surface area (Å²) in [5, 5.41) is 0. The quantitative estimate of drug-likeness (QED) is 0.789. The van der Waals surface area contributed by atoms with Crippen molar-refractivity contribution in [3.63, 3.8) is 0 Å². The second kappa shape index (κ2) is 6.60. The molecule has 0 fully saturated rings. The average Bonchev–Trinajstić information content (AvgIpc) is 2.48. The van der Waals surface area contributed by atoms with Gasteiger partial charge in [0.2, 0.25) is 10.0 Å². The van der Waals surface area contributed by atoms with E-state index in [1.807, 2.05) is 36.4 Å². The van der Waals surface area contributed by atoms with E-state index in [1.54, 1.807) is 26.1 Å². The molecule has 0 atom stereocenters. The van der Waals surface area contributed by atoms with Crippen molar-refractivity contribution in [2.24, 2.45) is 0 Å². The minimum absolute atomic E-state index is 0.303. The van der Waals surface area contributed by atoms with Gasteiger partial charge in [-0.1, -0.05) is 42.5 Å². The highest BCUT2D eigenvalue weighted by Crippen LogP contribution is 2.24. The van der Waals surface area contributed by atoms with E-state index in [0.717, 1.165) is 11.1 Å². The monoisotopic (exact) mass is 323 g/mol. The first-order valence-corrected chi connectivity index (χ1v) is 8.59. The molecule has 0 heterocycles. The number of benzene rings is 2. The van der Waals surface area contributed by atoms with Crippen molar-refractivity contribution >= 4 is 21.6 Å². The number of hydrogen-bond acceptors (Lipinski definition) is 2. The van der Waals surface area contributed by atoms with E-state index >= 15 is 0 Å². The molecule has 0 unspecified atom stereocenters. The van der Waals surface area contributed by atoms with Gasteiger partial charge in [0.25, 0.3) is 0 Å². The van der Waals surface area contributed by atoms with E-state index in [0.29, 0.717) is 22.9 Å². The summed E-state index contributed by atoms with van der Waals surface area (Å²) in [5.74, 6) is 0.303. The van der Waals surface area contributed by atoms with Crippen LogP contribution in [0.1, 0.15) is 16.7 Å². The van der Waals surface area contributed by atoms with E-state index in [4.69, 9.17) is 11.6 Å². The van der Waals surface area contributed by atoms with Crippen LogP contribution in [-0.4, -0.2) is 19.8 Å². The molecule has 3 nitrogen and oxygen atoms in total. The molecule has 0 radical (unpaired) electrons. The van der Waals surface area contributed by atoms with Gasteiger partial charge < -0.3 is 0 Å². The molecule has 2 rings (SSSR count). The van der Waals surface area contributed by atoms with Gasteiger partial charge in [-0.25, -0.2) is 8.42 Å². The third-order valence-electron chi connectivity index (χ3n) is 3.48. The fourth-order valence-corrected chi connectivity index (χ4v) is 3.89. The van der Waals surface area contributed by atoms with Crippen LogP contribution in [0.25, 0.3) is 0 Å². The molecule has 0 spiro atoms. The number of alkyl halides is 1. The van der Waals surface area contributed by atoms with Crippen molar-refractivity contribution in [3.8, 4) is 0 Å². The molecule has 2 aromatic carbocycles. The van der Waals surface area contributed by atoms with Crippen molar-refractivity contribution in [1.29, 1.82) is 0 Å². The molecule has 0 aliphatic carbocycles. The zero-order chi connectivity index (χ0) is 15.5. The summed E-state index contributed by atoms with van der Waals surface area (Å²) in [7, 11) is -1.93. The van der Waals surface area contributed by atoms with Crippen molar-refractivity contribution < 1.29 is 8.42 Å². The average molecular weight is 324 g/mol. The lowest BCUT2D eigenvalue weighted by molar-refractivity contribution is 0.466. The topological polar surface area (TPSA) is 37.4 Å².